The lowest BCUT2D eigenvalue weighted by Gasteiger charge is -2.11. The molecule has 4 N–H and O–H groups in total. The maximum atomic E-state index is 11.7. The van der Waals surface area contributed by atoms with Crippen molar-refractivity contribution in [1.82, 2.24) is 4.72 Å². The molecule has 0 spiro atoms. The minimum Gasteiger partial charge on any atom is -0.398 e. The minimum atomic E-state index is -3.55. The molecule has 0 heterocycles. The zero-order chi connectivity index (χ0) is 15.6. The Balaban J connectivity index is 2.30. The molecule has 2 aromatic rings. The molecule has 0 aliphatic rings. The predicted octanol–water partition coefficient (Wildman–Crippen LogP) is 2.88. The van der Waals surface area contributed by atoms with Gasteiger partial charge in [-0.2, -0.15) is 0 Å². The summed E-state index contributed by atoms with van der Waals surface area (Å²) in [6.45, 7) is 1.92. The van der Waals surface area contributed by atoms with Gasteiger partial charge in [-0.05, 0) is 49.9 Å². The van der Waals surface area contributed by atoms with Crippen molar-refractivity contribution in [2.75, 3.05) is 18.1 Å². The van der Waals surface area contributed by atoms with E-state index in [0.29, 0.717) is 10.7 Å². The van der Waals surface area contributed by atoms with Gasteiger partial charge in [-0.15, -0.1) is 0 Å². The Kier molecular flexibility index (Phi) is 4.41. The maximum absolute atomic E-state index is 11.7. The van der Waals surface area contributed by atoms with E-state index < -0.39 is 10.0 Å². The summed E-state index contributed by atoms with van der Waals surface area (Å²) >= 11 is 6.06. The number of aryl methyl sites for hydroxylation is 1. The molecule has 0 bridgehead atoms. The van der Waals surface area contributed by atoms with Crippen LogP contribution in [0.5, 0.6) is 0 Å². The van der Waals surface area contributed by atoms with Crippen molar-refractivity contribution in [3.05, 3.63) is 47.0 Å². The number of anilines is 3. The molecule has 21 heavy (non-hydrogen) atoms. The van der Waals surface area contributed by atoms with Crippen LogP contribution in [-0.4, -0.2) is 15.5 Å². The van der Waals surface area contributed by atoms with Gasteiger partial charge in [0, 0.05) is 16.4 Å². The third kappa shape index (κ3) is 3.47. The monoisotopic (exact) mass is 325 g/mol. The molecule has 0 amide bonds. The van der Waals surface area contributed by atoms with Crippen LogP contribution in [0.4, 0.5) is 17.1 Å². The van der Waals surface area contributed by atoms with E-state index in [1.165, 1.54) is 13.1 Å². The van der Waals surface area contributed by atoms with Crippen LogP contribution in [-0.2, 0) is 10.0 Å². The molecule has 0 aliphatic carbocycles. The average Bonchev–Trinajstić information content (AvgIpc) is 2.43. The third-order valence-corrected chi connectivity index (χ3v) is 4.92. The fourth-order valence-corrected chi connectivity index (χ4v) is 2.84. The first-order chi connectivity index (χ1) is 9.83. The molecule has 0 fully saturated rings. The van der Waals surface area contributed by atoms with E-state index in [9.17, 15) is 8.42 Å². The van der Waals surface area contributed by atoms with Crippen molar-refractivity contribution < 1.29 is 8.42 Å². The van der Waals surface area contributed by atoms with Crippen molar-refractivity contribution in [2.45, 2.75) is 11.8 Å². The first-order valence-corrected chi connectivity index (χ1v) is 8.06. The number of nitrogens with two attached hydrogens (primary N) is 1. The number of halogens is 1. The summed E-state index contributed by atoms with van der Waals surface area (Å²) in [5, 5.41) is 3.78. The first kappa shape index (κ1) is 15.6. The Morgan fingerprint density at radius 1 is 1.10 bits per heavy atom. The lowest BCUT2D eigenvalue weighted by Crippen LogP contribution is -2.19. The Hall–Kier alpha value is -1.76. The van der Waals surface area contributed by atoms with Gasteiger partial charge in [0.1, 0.15) is 4.90 Å². The first-order valence-electron chi connectivity index (χ1n) is 6.20. The molecule has 5 nitrogen and oxygen atoms in total. The van der Waals surface area contributed by atoms with Gasteiger partial charge in [0.25, 0.3) is 0 Å². The number of nitrogens with one attached hydrogen (secondary N) is 2. The van der Waals surface area contributed by atoms with Gasteiger partial charge in [-0.3, -0.25) is 0 Å². The molecule has 0 saturated heterocycles. The summed E-state index contributed by atoms with van der Waals surface area (Å²) in [6.07, 6.45) is 0. The SMILES string of the molecule is CNS(=O)(=O)c1ccc(Nc2ccc(C)c(Cl)c2)cc1N. The Bertz CT molecular complexity index is 776. The quantitative estimate of drug-likeness (QED) is 0.755. The van der Waals surface area contributed by atoms with Crippen LogP contribution >= 0.6 is 11.6 Å². The molecule has 2 aromatic carbocycles. The number of sulfonamides is 1. The van der Waals surface area contributed by atoms with Crippen LogP contribution in [0.2, 0.25) is 5.02 Å². The van der Waals surface area contributed by atoms with Crippen LogP contribution in [0.25, 0.3) is 0 Å². The molecule has 0 saturated carbocycles. The van der Waals surface area contributed by atoms with Crippen molar-refractivity contribution in [1.29, 1.82) is 0 Å². The number of hydrogen-bond acceptors (Lipinski definition) is 4. The van der Waals surface area contributed by atoms with Gasteiger partial charge in [0.2, 0.25) is 10.0 Å². The third-order valence-electron chi connectivity index (χ3n) is 3.03. The summed E-state index contributed by atoms with van der Waals surface area (Å²) in [7, 11) is -2.21. The average molecular weight is 326 g/mol. The highest BCUT2D eigenvalue weighted by molar-refractivity contribution is 7.89. The second-order valence-corrected chi connectivity index (χ2v) is 6.81. The lowest BCUT2D eigenvalue weighted by atomic mass is 10.2. The van der Waals surface area contributed by atoms with Gasteiger partial charge in [-0.1, -0.05) is 17.7 Å². The number of benzene rings is 2. The summed E-state index contributed by atoms with van der Waals surface area (Å²) in [4.78, 5) is 0.0532. The highest BCUT2D eigenvalue weighted by Crippen LogP contribution is 2.26. The Morgan fingerprint density at radius 3 is 2.29 bits per heavy atom. The highest BCUT2D eigenvalue weighted by atomic mass is 35.5. The van der Waals surface area contributed by atoms with Crippen molar-refractivity contribution >= 4 is 38.7 Å². The van der Waals surface area contributed by atoms with Crippen molar-refractivity contribution in [3.8, 4) is 0 Å². The lowest BCUT2D eigenvalue weighted by molar-refractivity contribution is 0.588. The largest absolute Gasteiger partial charge is 0.398 e. The van der Waals surface area contributed by atoms with E-state index in [1.807, 2.05) is 19.1 Å². The number of rotatable bonds is 4. The molecule has 2 rings (SSSR count). The molecule has 0 aromatic heterocycles. The van der Waals surface area contributed by atoms with Crippen molar-refractivity contribution in [3.63, 3.8) is 0 Å². The molecule has 0 atom stereocenters. The van der Waals surface area contributed by atoms with Crippen LogP contribution in [0, 0.1) is 6.92 Å². The second-order valence-electron chi connectivity index (χ2n) is 4.55. The number of hydrogen-bond donors (Lipinski definition) is 3. The predicted molar refractivity (Wildman–Crippen MR) is 86.6 cm³/mol. The maximum Gasteiger partial charge on any atom is 0.242 e. The van der Waals surface area contributed by atoms with Crippen LogP contribution < -0.4 is 15.8 Å². The van der Waals surface area contributed by atoms with Gasteiger partial charge >= 0.3 is 0 Å². The molecule has 112 valence electrons. The van der Waals surface area contributed by atoms with Crippen LogP contribution in [0.15, 0.2) is 41.3 Å². The van der Waals surface area contributed by atoms with E-state index in [2.05, 4.69) is 10.0 Å². The normalized spacial score (nSPS) is 11.4. The minimum absolute atomic E-state index is 0.0532. The summed E-state index contributed by atoms with van der Waals surface area (Å²) in [5.41, 5.74) is 8.45. The topological polar surface area (TPSA) is 84.2 Å². The van der Waals surface area contributed by atoms with Crippen LogP contribution in [0.1, 0.15) is 5.56 Å². The Labute approximate surface area is 129 Å². The van der Waals surface area contributed by atoms with E-state index in [4.69, 9.17) is 17.3 Å². The van der Waals surface area contributed by atoms with Gasteiger partial charge < -0.3 is 11.1 Å². The standard InChI is InChI=1S/C14H16ClN3O2S/c1-9-3-4-10(7-12(9)15)18-11-5-6-14(13(16)8-11)21(19,20)17-2/h3-8,17-18H,16H2,1-2H3. The number of nitrogen functional groups attached to an aromatic ring is 1. The summed E-state index contributed by atoms with van der Waals surface area (Å²) in [5.74, 6) is 0. The molecule has 0 radical (unpaired) electrons. The molecular formula is C14H16ClN3O2S. The zero-order valence-electron chi connectivity index (χ0n) is 11.6. The van der Waals surface area contributed by atoms with Crippen LogP contribution in [0.3, 0.4) is 0 Å². The van der Waals surface area contributed by atoms with E-state index >= 15 is 0 Å². The van der Waals surface area contributed by atoms with E-state index in [-0.39, 0.29) is 10.6 Å². The second kappa shape index (κ2) is 5.93. The van der Waals surface area contributed by atoms with E-state index in [0.717, 1.165) is 11.3 Å². The fourth-order valence-electron chi connectivity index (χ4n) is 1.82. The van der Waals surface area contributed by atoms with Gasteiger partial charge in [0.15, 0.2) is 0 Å². The smallest absolute Gasteiger partial charge is 0.242 e. The molecule has 7 heteroatoms. The Morgan fingerprint density at radius 2 is 1.71 bits per heavy atom. The highest BCUT2D eigenvalue weighted by Gasteiger charge is 2.15. The summed E-state index contributed by atoms with van der Waals surface area (Å²) in [6, 6.07) is 10.3. The molecule has 0 aliphatic heterocycles. The fraction of sp³-hybridized carbons (Fsp3) is 0.143. The summed E-state index contributed by atoms with van der Waals surface area (Å²) < 4.78 is 25.7. The van der Waals surface area contributed by atoms with E-state index in [1.54, 1.807) is 18.2 Å². The van der Waals surface area contributed by atoms with Gasteiger partial charge in [0.05, 0.1) is 5.69 Å². The van der Waals surface area contributed by atoms with Gasteiger partial charge in [-0.25, -0.2) is 13.1 Å². The zero-order valence-corrected chi connectivity index (χ0v) is 13.2. The molecular weight excluding hydrogens is 310 g/mol. The molecule has 0 unspecified atom stereocenters. The van der Waals surface area contributed by atoms with Crippen molar-refractivity contribution in [2.24, 2.45) is 0 Å².